The van der Waals surface area contributed by atoms with Gasteiger partial charge in [0.2, 0.25) is 0 Å². The zero-order valence-corrected chi connectivity index (χ0v) is 40.7. The first kappa shape index (κ1) is 44.1. The Labute approximate surface area is 410 Å². The Balaban J connectivity index is 1.05. The van der Waals surface area contributed by atoms with Gasteiger partial charge >= 0.3 is 0 Å². The van der Waals surface area contributed by atoms with Gasteiger partial charge in [0.15, 0.2) is 0 Å². The zero-order chi connectivity index (χ0) is 47.2. The zero-order valence-electron chi connectivity index (χ0n) is 40.7. The number of rotatable bonds is 10. The summed E-state index contributed by atoms with van der Waals surface area (Å²) < 4.78 is 0. The topological polar surface area (TPSA) is 6.48 Å². The fraction of sp³-hybridized carbons (Fsp3) is 0.194. The van der Waals surface area contributed by atoms with E-state index in [9.17, 15) is 0 Å². The van der Waals surface area contributed by atoms with Crippen molar-refractivity contribution in [2.24, 2.45) is 11.3 Å². The maximum atomic E-state index is 2.51. The van der Waals surface area contributed by atoms with Crippen LogP contribution < -0.4 is 9.80 Å². The second kappa shape index (κ2) is 17.9. The van der Waals surface area contributed by atoms with E-state index in [1.165, 1.54) is 74.9 Å². The largest absolute Gasteiger partial charge is 0.311 e. The van der Waals surface area contributed by atoms with Gasteiger partial charge in [0.25, 0.3) is 0 Å². The number of hydrogen-bond acceptors (Lipinski definition) is 2. The van der Waals surface area contributed by atoms with E-state index in [2.05, 4.69) is 275 Å². The van der Waals surface area contributed by atoms with Crippen LogP contribution in [0.1, 0.15) is 82.6 Å². The van der Waals surface area contributed by atoms with Crippen LogP contribution in [0.25, 0.3) is 33.4 Å². The Morgan fingerprint density at radius 3 is 1.46 bits per heavy atom. The summed E-state index contributed by atoms with van der Waals surface area (Å²) in [6.45, 7) is 12.2. The van der Waals surface area contributed by atoms with Crippen molar-refractivity contribution < 1.29 is 0 Å². The highest BCUT2D eigenvalue weighted by atomic mass is 15.1. The molecule has 0 heterocycles. The van der Waals surface area contributed by atoms with E-state index in [0.717, 1.165) is 40.5 Å². The average Bonchev–Trinajstić information content (AvgIpc) is 3.63. The summed E-state index contributed by atoms with van der Waals surface area (Å²) in [6.07, 6.45) is 4.76. The Kier molecular flexibility index (Phi) is 11.4. The van der Waals surface area contributed by atoms with Crippen LogP contribution in [0.3, 0.4) is 0 Å². The molecule has 1 fully saturated rings. The predicted molar refractivity (Wildman–Crippen MR) is 293 cm³/mol. The van der Waals surface area contributed by atoms with Crippen LogP contribution in [0.4, 0.5) is 34.1 Å². The summed E-state index contributed by atoms with van der Waals surface area (Å²) in [5.41, 5.74) is 19.8. The maximum Gasteiger partial charge on any atom is 0.0540 e. The molecule has 2 atom stereocenters. The average molecular weight is 895 g/mol. The summed E-state index contributed by atoms with van der Waals surface area (Å²) in [5, 5.41) is 0. The van der Waals surface area contributed by atoms with Crippen LogP contribution in [-0.2, 0) is 10.8 Å². The highest BCUT2D eigenvalue weighted by molar-refractivity contribution is 5.95. The highest BCUT2D eigenvalue weighted by Gasteiger charge is 2.48. The van der Waals surface area contributed by atoms with Crippen LogP contribution in [0.15, 0.2) is 231 Å². The van der Waals surface area contributed by atoms with E-state index >= 15 is 0 Å². The Morgan fingerprint density at radius 2 is 0.884 bits per heavy atom. The molecule has 11 rings (SSSR count). The van der Waals surface area contributed by atoms with Crippen LogP contribution >= 0.6 is 0 Å². The Bertz CT molecular complexity index is 3160. The standard InChI is InChI=1S/C67H62N2/c1-65(2,3)63-35-20-21-46-67(63,50-36-40-54(41-37-50)68(52-27-14-8-15-28-52)53-29-16-9-17-30-53)51-38-42-55(43-39-51)69(62-34-19-18-31-57(62)48-23-10-6-11-24-48)56-44-45-59-61(47-56)66(4,5)60-33-22-32-58(64(59)60)49-25-12-7-13-26-49/h6-19,22-34,36-45,47,63H,20-21,35,46H2,1-5H3. The maximum absolute atomic E-state index is 2.51. The van der Waals surface area contributed by atoms with Gasteiger partial charge in [-0.2, -0.15) is 0 Å². The van der Waals surface area contributed by atoms with Crippen molar-refractivity contribution in [2.45, 2.75) is 71.1 Å². The van der Waals surface area contributed by atoms with Gasteiger partial charge in [-0.05, 0) is 141 Å². The minimum absolute atomic E-state index is 0.0910. The molecule has 69 heavy (non-hydrogen) atoms. The second-order valence-corrected chi connectivity index (χ2v) is 20.9. The number of nitrogens with zero attached hydrogens (tertiary/aromatic N) is 2. The van der Waals surface area contributed by atoms with E-state index in [1.807, 2.05) is 0 Å². The lowest BCUT2D eigenvalue weighted by molar-refractivity contribution is 0.100. The quantitative estimate of drug-likeness (QED) is 0.135. The molecular formula is C67H62N2. The van der Waals surface area contributed by atoms with Crippen LogP contribution in [0, 0.1) is 11.3 Å². The molecule has 2 unspecified atom stereocenters. The molecule has 0 aliphatic heterocycles. The molecule has 0 aromatic heterocycles. The fourth-order valence-corrected chi connectivity index (χ4v) is 12.4. The van der Waals surface area contributed by atoms with Crippen molar-refractivity contribution in [3.05, 3.63) is 253 Å². The molecule has 0 saturated heterocycles. The third-order valence-electron chi connectivity index (χ3n) is 15.5. The molecule has 9 aromatic rings. The summed E-state index contributed by atoms with van der Waals surface area (Å²) in [5.74, 6) is 0.450. The van der Waals surface area contributed by atoms with Gasteiger partial charge in [0.05, 0.1) is 5.69 Å². The second-order valence-electron chi connectivity index (χ2n) is 20.9. The van der Waals surface area contributed by atoms with Gasteiger partial charge in [-0.1, -0.05) is 211 Å². The number of hydrogen-bond donors (Lipinski definition) is 0. The third-order valence-corrected chi connectivity index (χ3v) is 15.5. The molecule has 340 valence electrons. The fourth-order valence-electron chi connectivity index (χ4n) is 12.4. The van der Waals surface area contributed by atoms with Gasteiger partial charge in [0, 0.05) is 44.8 Å². The van der Waals surface area contributed by atoms with Gasteiger partial charge in [-0.3, -0.25) is 0 Å². The molecule has 2 aliphatic rings. The normalized spacial score (nSPS) is 17.1. The van der Waals surface area contributed by atoms with Crippen LogP contribution in [0.5, 0.6) is 0 Å². The molecular weight excluding hydrogens is 833 g/mol. The van der Waals surface area contributed by atoms with E-state index in [4.69, 9.17) is 0 Å². The van der Waals surface area contributed by atoms with E-state index in [0.29, 0.717) is 5.92 Å². The minimum Gasteiger partial charge on any atom is -0.311 e. The van der Waals surface area contributed by atoms with Crippen molar-refractivity contribution in [3.63, 3.8) is 0 Å². The van der Waals surface area contributed by atoms with Gasteiger partial charge in [0.1, 0.15) is 0 Å². The Hall–Kier alpha value is -7.42. The highest BCUT2D eigenvalue weighted by Crippen LogP contribution is 2.57. The number of fused-ring (bicyclic) bond motifs is 3. The van der Waals surface area contributed by atoms with Crippen molar-refractivity contribution in [1.29, 1.82) is 0 Å². The van der Waals surface area contributed by atoms with Crippen molar-refractivity contribution in [3.8, 4) is 33.4 Å². The summed E-state index contributed by atoms with van der Waals surface area (Å²) in [7, 11) is 0. The van der Waals surface area contributed by atoms with E-state index in [1.54, 1.807) is 0 Å². The van der Waals surface area contributed by atoms with E-state index in [-0.39, 0.29) is 16.2 Å². The summed E-state index contributed by atoms with van der Waals surface area (Å²) in [4.78, 5) is 4.88. The monoisotopic (exact) mass is 894 g/mol. The lowest BCUT2D eigenvalue weighted by Crippen LogP contribution is -2.45. The van der Waals surface area contributed by atoms with Crippen LogP contribution in [-0.4, -0.2) is 0 Å². The lowest BCUT2D eigenvalue weighted by Gasteiger charge is -2.51. The summed E-state index contributed by atoms with van der Waals surface area (Å²) in [6, 6.07) is 85.6. The smallest absolute Gasteiger partial charge is 0.0540 e. The lowest BCUT2D eigenvalue weighted by atomic mass is 9.52. The van der Waals surface area contributed by atoms with Crippen molar-refractivity contribution in [1.82, 2.24) is 0 Å². The molecule has 9 aromatic carbocycles. The summed E-state index contributed by atoms with van der Waals surface area (Å²) >= 11 is 0. The minimum atomic E-state index is -0.190. The first-order valence-corrected chi connectivity index (χ1v) is 25.0. The molecule has 2 nitrogen and oxygen atoms in total. The third kappa shape index (κ3) is 7.86. The SMILES string of the molecule is CC1(C)c2cc(N(c3ccc(C4(c5ccc(N(c6ccccc6)c6ccccc6)cc5)CCCCC4C(C)(C)C)cc3)c3ccccc3-c3ccccc3)ccc2-c2c(-c3ccccc3)cccc21. The first-order chi connectivity index (χ1) is 33.6. The van der Waals surface area contributed by atoms with Crippen LogP contribution in [0.2, 0.25) is 0 Å². The van der Waals surface area contributed by atoms with E-state index < -0.39 is 0 Å². The molecule has 2 aliphatic carbocycles. The van der Waals surface area contributed by atoms with Gasteiger partial charge in [-0.15, -0.1) is 0 Å². The Morgan fingerprint density at radius 1 is 0.406 bits per heavy atom. The van der Waals surface area contributed by atoms with Crippen molar-refractivity contribution in [2.75, 3.05) is 9.80 Å². The number of anilines is 6. The molecule has 0 radical (unpaired) electrons. The predicted octanol–water partition coefficient (Wildman–Crippen LogP) is 18.8. The number of para-hydroxylation sites is 3. The first-order valence-electron chi connectivity index (χ1n) is 25.0. The van der Waals surface area contributed by atoms with Gasteiger partial charge < -0.3 is 9.80 Å². The number of benzene rings is 9. The molecule has 0 bridgehead atoms. The molecule has 2 heteroatoms. The molecule has 0 N–H and O–H groups in total. The molecule has 1 saturated carbocycles. The molecule has 0 spiro atoms. The van der Waals surface area contributed by atoms with Gasteiger partial charge in [-0.25, -0.2) is 0 Å². The van der Waals surface area contributed by atoms with Crippen molar-refractivity contribution >= 4 is 34.1 Å². The molecule has 0 amide bonds.